The van der Waals surface area contributed by atoms with Crippen molar-refractivity contribution in [3.8, 4) is 0 Å². The van der Waals surface area contributed by atoms with Crippen molar-refractivity contribution in [2.45, 2.75) is 47.0 Å². The molecule has 1 amide bonds. The SMILES string of the molecule is C=C.CC.CC.O=C(/C=C/C1=CC=CCCC1)Nc1ccccc1.[HH]. The second-order valence-corrected chi connectivity index (χ2v) is 4.25. The Balaban J connectivity index is -0.000000626. The van der Waals surface area contributed by atoms with Crippen LogP contribution >= 0.6 is 0 Å². The van der Waals surface area contributed by atoms with E-state index < -0.39 is 0 Å². The van der Waals surface area contributed by atoms with Crippen LogP contribution in [0.15, 0.2) is 79.4 Å². The summed E-state index contributed by atoms with van der Waals surface area (Å²) in [6, 6.07) is 9.48. The van der Waals surface area contributed by atoms with Gasteiger partial charge in [0.15, 0.2) is 0 Å². The van der Waals surface area contributed by atoms with Gasteiger partial charge in [0.25, 0.3) is 0 Å². The Bertz CT molecular complexity index is 504. The number of benzene rings is 1. The molecule has 134 valence electrons. The lowest BCUT2D eigenvalue weighted by atomic mass is 10.1. The molecule has 0 spiro atoms. The number of para-hydroxylation sites is 1. The van der Waals surface area contributed by atoms with Crippen LogP contribution < -0.4 is 5.32 Å². The van der Waals surface area contributed by atoms with Crippen LogP contribution in [0, 0.1) is 0 Å². The number of allylic oxidation sites excluding steroid dienone is 5. The molecule has 2 rings (SSSR count). The molecule has 0 radical (unpaired) electrons. The van der Waals surface area contributed by atoms with Gasteiger partial charge in [-0.05, 0) is 37.0 Å². The second-order valence-electron chi connectivity index (χ2n) is 4.25. The number of carbonyl (C=O) groups is 1. The van der Waals surface area contributed by atoms with Crippen LogP contribution in [0.2, 0.25) is 0 Å². The molecule has 0 aromatic heterocycles. The Morgan fingerprint density at radius 2 is 1.75 bits per heavy atom. The summed E-state index contributed by atoms with van der Waals surface area (Å²) < 4.78 is 0. The Kier molecular flexibility index (Phi) is 18.6. The highest BCUT2D eigenvalue weighted by molar-refractivity contribution is 5.99. The zero-order valence-electron chi connectivity index (χ0n) is 15.7. The topological polar surface area (TPSA) is 29.1 Å². The summed E-state index contributed by atoms with van der Waals surface area (Å²) in [4.78, 5) is 11.7. The minimum absolute atomic E-state index is 0. The molecule has 0 saturated carbocycles. The van der Waals surface area contributed by atoms with Gasteiger partial charge in [-0.25, -0.2) is 0 Å². The van der Waals surface area contributed by atoms with E-state index in [0.717, 1.165) is 24.9 Å². The van der Waals surface area contributed by atoms with E-state index in [0.29, 0.717) is 0 Å². The van der Waals surface area contributed by atoms with Crippen molar-refractivity contribution < 1.29 is 6.22 Å². The molecule has 0 heterocycles. The van der Waals surface area contributed by atoms with E-state index in [4.69, 9.17) is 0 Å². The van der Waals surface area contributed by atoms with Crippen molar-refractivity contribution in [1.29, 1.82) is 0 Å². The fourth-order valence-corrected chi connectivity index (χ4v) is 1.82. The van der Waals surface area contributed by atoms with Crippen LogP contribution in [-0.2, 0) is 4.79 Å². The summed E-state index contributed by atoms with van der Waals surface area (Å²) in [7, 11) is 0. The molecule has 1 aliphatic carbocycles. The van der Waals surface area contributed by atoms with E-state index in [9.17, 15) is 4.79 Å². The maximum absolute atomic E-state index is 11.7. The molecule has 2 heteroatoms. The highest BCUT2D eigenvalue weighted by Gasteiger charge is 1.99. The standard InChI is InChI=1S/C16H17NO.2C2H6.C2H4.H2/c18-16(17-15-10-6-3-7-11-15)13-12-14-8-4-1-2-5-9-14;3*1-2;/h1,3-4,6-8,10-13H,2,5,9H2,(H,17,18);2*1-2H3;1-2H2;1H/b13-12+;;;;. The van der Waals surface area contributed by atoms with Gasteiger partial charge < -0.3 is 5.32 Å². The lowest BCUT2D eigenvalue weighted by Crippen LogP contribution is -2.07. The summed E-state index contributed by atoms with van der Waals surface area (Å²) in [5, 5.41) is 2.83. The zero-order valence-corrected chi connectivity index (χ0v) is 15.7. The first kappa shape index (κ1) is 23.9. The summed E-state index contributed by atoms with van der Waals surface area (Å²) in [6.45, 7) is 14.0. The number of carbonyl (C=O) groups excluding carboxylic acids is 1. The van der Waals surface area contributed by atoms with Crippen LogP contribution in [0.4, 0.5) is 5.69 Å². The first-order chi connectivity index (χ1) is 11.8. The first-order valence-electron chi connectivity index (χ1n) is 8.74. The van der Waals surface area contributed by atoms with Crippen LogP contribution in [0.3, 0.4) is 0 Å². The van der Waals surface area contributed by atoms with Gasteiger partial charge >= 0.3 is 0 Å². The van der Waals surface area contributed by atoms with Gasteiger partial charge in [0, 0.05) is 13.2 Å². The van der Waals surface area contributed by atoms with Gasteiger partial charge in [-0.3, -0.25) is 4.79 Å². The average Bonchev–Trinajstić information content (AvgIpc) is 2.95. The molecule has 2 nitrogen and oxygen atoms in total. The molecular formula is C22H35NO. The van der Waals surface area contributed by atoms with Crippen molar-refractivity contribution in [3.05, 3.63) is 79.4 Å². The van der Waals surface area contributed by atoms with Gasteiger partial charge in [-0.2, -0.15) is 0 Å². The molecule has 0 fully saturated rings. The number of rotatable bonds is 3. The third kappa shape index (κ3) is 12.2. The van der Waals surface area contributed by atoms with Gasteiger partial charge in [0.2, 0.25) is 5.91 Å². The largest absolute Gasteiger partial charge is 0.323 e. The lowest BCUT2D eigenvalue weighted by Gasteiger charge is -2.01. The fourth-order valence-electron chi connectivity index (χ4n) is 1.82. The number of amides is 1. The molecule has 1 aromatic rings. The van der Waals surface area contributed by atoms with Crippen LogP contribution in [0.1, 0.15) is 48.4 Å². The summed E-state index contributed by atoms with van der Waals surface area (Å²) >= 11 is 0. The Morgan fingerprint density at radius 3 is 2.38 bits per heavy atom. The molecule has 0 atom stereocenters. The van der Waals surface area contributed by atoms with Crippen molar-refractivity contribution in [1.82, 2.24) is 0 Å². The van der Waals surface area contributed by atoms with Gasteiger partial charge in [-0.15, -0.1) is 13.2 Å². The van der Waals surface area contributed by atoms with Crippen molar-refractivity contribution in [3.63, 3.8) is 0 Å². The molecule has 0 unspecified atom stereocenters. The molecule has 0 saturated heterocycles. The van der Waals surface area contributed by atoms with Crippen molar-refractivity contribution in [2.75, 3.05) is 5.32 Å². The fraction of sp³-hybridized carbons (Fsp3) is 0.318. The van der Waals surface area contributed by atoms with E-state index in [1.807, 2.05) is 64.1 Å². The van der Waals surface area contributed by atoms with E-state index in [1.165, 1.54) is 5.57 Å². The molecule has 1 aliphatic rings. The predicted octanol–water partition coefficient (Wildman–Crippen LogP) is 6.95. The maximum atomic E-state index is 11.7. The minimum atomic E-state index is -0.0877. The monoisotopic (exact) mass is 329 g/mol. The third-order valence-electron chi connectivity index (χ3n) is 2.77. The number of nitrogens with one attached hydrogen (secondary N) is 1. The Hall–Kier alpha value is -2.35. The number of anilines is 1. The molecule has 24 heavy (non-hydrogen) atoms. The van der Waals surface area contributed by atoms with E-state index in [-0.39, 0.29) is 7.33 Å². The van der Waals surface area contributed by atoms with E-state index in [1.54, 1.807) is 6.08 Å². The number of hydrogen-bond donors (Lipinski definition) is 1. The van der Waals surface area contributed by atoms with E-state index >= 15 is 0 Å². The second kappa shape index (κ2) is 18.7. The quantitative estimate of drug-likeness (QED) is 0.472. The van der Waals surface area contributed by atoms with Crippen LogP contribution in [0.25, 0.3) is 0 Å². The Labute approximate surface area is 150 Å². The van der Waals surface area contributed by atoms with Crippen LogP contribution in [0.5, 0.6) is 0 Å². The summed E-state index contributed by atoms with van der Waals surface area (Å²) in [5.74, 6) is -0.0877. The smallest absolute Gasteiger partial charge is 0.248 e. The molecule has 0 bridgehead atoms. The minimum Gasteiger partial charge on any atom is -0.323 e. The molecular weight excluding hydrogens is 294 g/mol. The van der Waals surface area contributed by atoms with Crippen LogP contribution in [-0.4, -0.2) is 5.91 Å². The molecule has 0 aliphatic heterocycles. The Morgan fingerprint density at radius 1 is 1.12 bits per heavy atom. The average molecular weight is 330 g/mol. The predicted molar refractivity (Wildman–Crippen MR) is 111 cm³/mol. The molecule has 1 aromatic carbocycles. The highest BCUT2D eigenvalue weighted by atomic mass is 16.1. The van der Waals surface area contributed by atoms with Crippen molar-refractivity contribution in [2.24, 2.45) is 0 Å². The number of hydrogen-bond acceptors (Lipinski definition) is 1. The lowest BCUT2D eigenvalue weighted by molar-refractivity contribution is -0.111. The highest BCUT2D eigenvalue weighted by Crippen LogP contribution is 2.13. The normalized spacial score (nSPS) is 12.1. The van der Waals surface area contributed by atoms with Gasteiger partial charge in [0.05, 0.1) is 0 Å². The summed E-state index contributed by atoms with van der Waals surface area (Å²) in [6.07, 6.45) is 13.1. The van der Waals surface area contributed by atoms with Gasteiger partial charge in [-0.1, -0.05) is 70.2 Å². The third-order valence-corrected chi connectivity index (χ3v) is 2.77. The molecule has 1 N–H and O–H groups in total. The van der Waals surface area contributed by atoms with Crippen molar-refractivity contribution >= 4 is 11.6 Å². The maximum Gasteiger partial charge on any atom is 0.248 e. The van der Waals surface area contributed by atoms with E-state index in [2.05, 4.69) is 36.7 Å². The van der Waals surface area contributed by atoms with Gasteiger partial charge in [0.1, 0.15) is 0 Å². The first-order valence-corrected chi connectivity index (χ1v) is 8.74. The summed E-state index contributed by atoms with van der Waals surface area (Å²) in [5.41, 5.74) is 2.02. The zero-order chi connectivity index (χ0) is 18.6.